The summed E-state index contributed by atoms with van der Waals surface area (Å²) in [7, 11) is 4.14. The molecule has 0 aliphatic rings. The van der Waals surface area contributed by atoms with Crippen molar-refractivity contribution in [2.45, 2.75) is 19.9 Å². The molecule has 1 aromatic rings. The number of hydrogen-bond acceptors (Lipinski definition) is 4. The zero-order valence-electron chi connectivity index (χ0n) is 12.5. The molecule has 20 heavy (non-hydrogen) atoms. The lowest BCUT2D eigenvalue weighted by Gasteiger charge is -2.33. The fourth-order valence-electron chi connectivity index (χ4n) is 2.30. The van der Waals surface area contributed by atoms with Gasteiger partial charge in [-0.15, -0.1) is 0 Å². The Balaban J connectivity index is 3.05. The second kappa shape index (κ2) is 7.50. The molecule has 0 heterocycles. The van der Waals surface area contributed by atoms with Crippen LogP contribution in [0.15, 0.2) is 27.8 Å². The molecule has 1 unspecified atom stereocenters. The maximum atomic E-state index is 8.72. The first-order valence-electron chi connectivity index (χ1n) is 6.59. The Bertz CT molecular complexity index is 476. The molecule has 0 bridgehead atoms. The zero-order valence-corrected chi connectivity index (χ0v) is 14.1. The highest BCUT2D eigenvalue weighted by atomic mass is 79.9. The lowest BCUT2D eigenvalue weighted by Crippen LogP contribution is -2.40. The van der Waals surface area contributed by atoms with Crippen molar-refractivity contribution >= 4 is 27.5 Å². The van der Waals surface area contributed by atoms with Crippen LogP contribution in [0.2, 0.25) is 0 Å². The van der Waals surface area contributed by atoms with Crippen LogP contribution in [0.25, 0.3) is 0 Å². The second-order valence-electron chi connectivity index (χ2n) is 5.05. The van der Waals surface area contributed by atoms with E-state index in [1.807, 2.05) is 18.2 Å². The largest absolute Gasteiger partial charge is 0.409 e. The smallest absolute Gasteiger partial charge is 0.170 e. The molecule has 0 fully saturated rings. The van der Waals surface area contributed by atoms with E-state index in [-0.39, 0.29) is 5.84 Å². The summed E-state index contributed by atoms with van der Waals surface area (Å²) in [6, 6.07) is 6.11. The van der Waals surface area contributed by atoms with Crippen molar-refractivity contribution in [3.8, 4) is 0 Å². The van der Waals surface area contributed by atoms with Crippen LogP contribution in [-0.4, -0.2) is 49.2 Å². The number of benzene rings is 1. The summed E-state index contributed by atoms with van der Waals surface area (Å²) in [4.78, 5) is 4.49. The minimum atomic E-state index is 0.113. The highest BCUT2D eigenvalue weighted by molar-refractivity contribution is 9.10. The van der Waals surface area contributed by atoms with Gasteiger partial charge in [0.25, 0.3) is 0 Å². The Morgan fingerprint density at radius 2 is 2.10 bits per heavy atom. The maximum absolute atomic E-state index is 8.72. The number of halogens is 1. The first-order valence-corrected chi connectivity index (χ1v) is 7.38. The van der Waals surface area contributed by atoms with Crippen LogP contribution in [0.4, 0.5) is 5.69 Å². The van der Waals surface area contributed by atoms with Gasteiger partial charge in [-0.1, -0.05) is 5.16 Å². The van der Waals surface area contributed by atoms with Gasteiger partial charge in [-0.25, -0.2) is 0 Å². The van der Waals surface area contributed by atoms with Gasteiger partial charge < -0.3 is 20.7 Å². The van der Waals surface area contributed by atoms with Gasteiger partial charge >= 0.3 is 0 Å². The van der Waals surface area contributed by atoms with Gasteiger partial charge in [0.15, 0.2) is 5.84 Å². The van der Waals surface area contributed by atoms with E-state index in [2.05, 4.69) is 58.8 Å². The Labute approximate surface area is 129 Å². The van der Waals surface area contributed by atoms with E-state index in [0.717, 1.165) is 23.2 Å². The molecule has 0 aliphatic heterocycles. The normalized spacial score (nSPS) is 13.6. The van der Waals surface area contributed by atoms with Crippen LogP contribution in [0.3, 0.4) is 0 Å². The predicted octanol–water partition coefficient (Wildman–Crippen LogP) is 2.32. The molecule has 0 aromatic heterocycles. The van der Waals surface area contributed by atoms with E-state index in [4.69, 9.17) is 10.9 Å². The summed E-state index contributed by atoms with van der Waals surface area (Å²) in [6.45, 7) is 6.22. The topological polar surface area (TPSA) is 65.1 Å². The summed E-state index contributed by atoms with van der Waals surface area (Å²) >= 11 is 3.57. The van der Waals surface area contributed by atoms with Crippen LogP contribution >= 0.6 is 15.9 Å². The number of nitrogens with zero attached hydrogens (tertiary/aromatic N) is 3. The molecular formula is C14H23BrN4O. The van der Waals surface area contributed by atoms with Gasteiger partial charge in [-0.3, -0.25) is 0 Å². The van der Waals surface area contributed by atoms with Crippen LogP contribution in [0.5, 0.6) is 0 Å². The van der Waals surface area contributed by atoms with Crippen LogP contribution in [0, 0.1) is 0 Å². The van der Waals surface area contributed by atoms with Crippen molar-refractivity contribution < 1.29 is 5.21 Å². The molecular weight excluding hydrogens is 320 g/mol. The predicted molar refractivity (Wildman–Crippen MR) is 87.7 cm³/mol. The first kappa shape index (κ1) is 16.8. The first-order chi connectivity index (χ1) is 9.40. The summed E-state index contributed by atoms with van der Waals surface area (Å²) in [5.41, 5.74) is 7.41. The number of rotatable bonds is 6. The highest BCUT2D eigenvalue weighted by Gasteiger charge is 2.16. The second-order valence-corrected chi connectivity index (χ2v) is 5.90. The molecule has 0 aliphatic carbocycles. The van der Waals surface area contributed by atoms with Crippen molar-refractivity contribution in [1.82, 2.24) is 4.90 Å². The fraction of sp³-hybridized carbons (Fsp3) is 0.500. The number of anilines is 1. The molecule has 112 valence electrons. The van der Waals surface area contributed by atoms with E-state index in [9.17, 15) is 0 Å². The van der Waals surface area contributed by atoms with Crippen molar-refractivity contribution in [2.24, 2.45) is 10.9 Å². The van der Waals surface area contributed by atoms with Crippen LogP contribution in [0.1, 0.15) is 19.4 Å². The molecule has 1 rings (SSSR count). The third kappa shape index (κ3) is 4.11. The lowest BCUT2D eigenvalue weighted by atomic mass is 10.1. The average Bonchev–Trinajstić information content (AvgIpc) is 2.39. The summed E-state index contributed by atoms with van der Waals surface area (Å²) < 4.78 is 0.939. The summed E-state index contributed by atoms with van der Waals surface area (Å²) in [5.74, 6) is 0.113. The maximum Gasteiger partial charge on any atom is 0.170 e. The van der Waals surface area contributed by atoms with Gasteiger partial charge in [-0.05, 0) is 62.1 Å². The standard InChI is InChI=1S/C14H23BrN4O/c1-5-19(10(2)9-18(3)4)13-7-6-11(8-12(13)15)14(16)17-20/h6-8,10,20H,5,9H2,1-4H3,(H2,16,17). The SMILES string of the molecule is CCN(c1ccc(/C(N)=N/O)cc1Br)C(C)CN(C)C. The van der Waals surface area contributed by atoms with Crippen molar-refractivity contribution in [1.29, 1.82) is 0 Å². The van der Waals surface area contributed by atoms with Crippen LogP contribution in [-0.2, 0) is 0 Å². The van der Waals surface area contributed by atoms with Gasteiger partial charge in [-0.2, -0.15) is 0 Å². The number of hydrogen-bond donors (Lipinski definition) is 2. The van der Waals surface area contributed by atoms with E-state index in [0.29, 0.717) is 11.6 Å². The Morgan fingerprint density at radius 3 is 2.55 bits per heavy atom. The lowest BCUT2D eigenvalue weighted by molar-refractivity contribution is 0.318. The van der Waals surface area contributed by atoms with E-state index in [1.54, 1.807) is 0 Å². The van der Waals surface area contributed by atoms with Gasteiger partial charge in [0.1, 0.15) is 0 Å². The molecule has 5 nitrogen and oxygen atoms in total. The van der Waals surface area contributed by atoms with Crippen molar-refractivity contribution in [3.05, 3.63) is 28.2 Å². The Hall–Kier alpha value is -1.27. The zero-order chi connectivity index (χ0) is 15.3. The van der Waals surface area contributed by atoms with Crippen molar-refractivity contribution in [3.63, 3.8) is 0 Å². The number of oxime groups is 1. The molecule has 0 amide bonds. The van der Waals surface area contributed by atoms with Gasteiger partial charge in [0, 0.05) is 29.2 Å². The molecule has 0 radical (unpaired) electrons. The third-order valence-corrected chi connectivity index (χ3v) is 3.80. The van der Waals surface area contributed by atoms with Gasteiger partial charge in [0.05, 0.1) is 5.69 Å². The van der Waals surface area contributed by atoms with E-state index in [1.165, 1.54) is 0 Å². The van der Waals surface area contributed by atoms with Gasteiger partial charge in [0.2, 0.25) is 0 Å². The van der Waals surface area contributed by atoms with Crippen LogP contribution < -0.4 is 10.6 Å². The minimum absolute atomic E-state index is 0.113. The minimum Gasteiger partial charge on any atom is -0.409 e. The molecule has 0 saturated carbocycles. The Kier molecular flexibility index (Phi) is 6.29. The number of nitrogens with two attached hydrogens (primary N) is 1. The monoisotopic (exact) mass is 342 g/mol. The van der Waals surface area contributed by atoms with Crippen molar-refractivity contribution in [2.75, 3.05) is 32.1 Å². The number of likely N-dealkylation sites (N-methyl/N-ethyl adjacent to an activating group) is 2. The molecule has 6 heteroatoms. The quantitative estimate of drug-likeness (QED) is 0.360. The fourth-order valence-corrected chi connectivity index (χ4v) is 2.91. The third-order valence-electron chi connectivity index (χ3n) is 3.16. The summed E-state index contributed by atoms with van der Waals surface area (Å²) in [6.07, 6.45) is 0. The van der Waals surface area contributed by atoms with E-state index < -0.39 is 0 Å². The van der Waals surface area contributed by atoms with E-state index >= 15 is 0 Å². The molecule has 0 spiro atoms. The molecule has 3 N–H and O–H groups in total. The molecule has 1 atom stereocenters. The average molecular weight is 343 g/mol. The molecule has 1 aromatic carbocycles. The Morgan fingerprint density at radius 1 is 1.45 bits per heavy atom. The molecule has 0 saturated heterocycles. The summed E-state index contributed by atoms with van der Waals surface area (Å²) in [5, 5.41) is 11.7. The number of amidine groups is 1. The highest BCUT2D eigenvalue weighted by Crippen LogP contribution is 2.28.